The van der Waals surface area contributed by atoms with Crippen molar-refractivity contribution < 1.29 is 9.18 Å². The van der Waals surface area contributed by atoms with Gasteiger partial charge in [-0.3, -0.25) is 0 Å². The lowest BCUT2D eigenvalue weighted by Gasteiger charge is -2.12. The predicted octanol–water partition coefficient (Wildman–Crippen LogP) is 1.95. The summed E-state index contributed by atoms with van der Waals surface area (Å²) < 4.78 is 13.6. The number of benzene rings is 1. The molecule has 4 nitrogen and oxygen atoms in total. The normalized spacial score (nSPS) is 10.2. The smallest absolute Gasteiger partial charge is 0.316 e. The quantitative estimate of drug-likeness (QED) is 0.815. The van der Waals surface area contributed by atoms with Crippen LogP contribution in [0.2, 0.25) is 0 Å². The molecule has 0 aliphatic carbocycles. The monoisotopic (exact) mass is 317 g/mol. The molecule has 0 atom stereocenters. The van der Waals surface area contributed by atoms with E-state index in [4.69, 9.17) is 0 Å². The minimum absolute atomic E-state index is 0.111. The molecule has 0 heterocycles. The van der Waals surface area contributed by atoms with Crippen molar-refractivity contribution in [1.29, 1.82) is 0 Å². The van der Waals surface area contributed by atoms with Crippen LogP contribution in [0.15, 0.2) is 22.7 Å². The molecular weight excluding hydrogens is 301 g/mol. The van der Waals surface area contributed by atoms with Crippen LogP contribution in [0.4, 0.5) is 9.18 Å². The summed E-state index contributed by atoms with van der Waals surface area (Å²) >= 11 is 3.30. The van der Waals surface area contributed by atoms with E-state index in [1.165, 1.54) is 17.0 Å². The van der Waals surface area contributed by atoms with Gasteiger partial charge in [0.05, 0.1) is 0 Å². The van der Waals surface area contributed by atoms with Crippen molar-refractivity contribution in [3.05, 3.63) is 34.1 Å². The fourth-order valence-corrected chi connectivity index (χ4v) is 1.80. The van der Waals surface area contributed by atoms with E-state index >= 15 is 0 Å². The van der Waals surface area contributed by atoms with E-state index < -0.39 is 0 Å². The molecule has 0 spiro atoms. The van der Waals surface area contributed by atoms with Gasteiger partial charge < -0.3 is 15.5 Å². The SMILES string of the molecule is CN(C)C(=O)NCCNCc1ccc(F)cc1Br. The molecule has 0 saturated carbocycles. The number of carbonyl (C=O) groups excluding carboxylic acids is 1. The van der Waals surface area contributed by atoms with Gasteiger partial charge in [-0.1, -0.05) is 22.0 Å². The van der Waals surface area contributed by atoms with Gasteiger partial charge in [0.25, 0.3) is 0 Å². The topological polar surface area (TPSA) is 44.4 Å². The van der Waals surface area contributed by atoms with Crippen LogP contribution < -0.4 is 10.6 Å². The van der Waals surface area contributed by atoms with Crippen LogP contribution in [0.3, 0.4) is 0 Å². The zero-order chi connectivity index (χ0) is 13.5. The lowest BCUT2D eigenvalue weighted by Crippen LogP contribution is -2.38. The Morgan fingerprint density at radius 3 is 2.72 bits per heavy atom. The first-order valence-corrected chi connectivity index (χ1v) is 6.40. The maximum atomic E-state index is 12.9. The highest BCUT2D eigenvalue weighted by Gasteiger charge is 2.02. The number of hydrogen-bond donors (Lipinski definition) is 2. The predicted molar refractivity (Wildman–Crippen MR) is 72.9 cm³/mol. The molecule has 1 aromatic carbocycles. The van der Waals surface area contributed by atoms with Crippen LogP contribution in [0.25, 0.3) is 0 Å². The standard InChI is InChI=1S/C12H17BrFN3O/c1-17(2)12(18)16-6-5-15-8-9-3-4-10(14)7-11(9)13/h3-4,7,15H,5-6,8H2,1-2H3,(H,16,18). The first-order valence-electron chi connectivity index (χ1n) is 5.60. The Bertz CT molecular complexity index is 412. The fourth-order valence-electron chi connectivity index (χ4n) is 1.30. The molecule has 1 aromatic rings. The van der Waals surface area contributed by atoms with Gasteiger partial charge in [0.15, 0.2) is 0 Å². The zero-order valence-electron chi connectivity index (χ0n) is 10.5. The number of urea groups is 1. The summed E-state index contributed by atoms with van der Waals surface area (Å²) in [5.74, 6) is -0.260. The highest BCUT2D eigenvalue weighted by atomic mass is 79.9. The Morgan fingerprint density at radius 2 is 2.11 bits per heavy atom. The molecule has 0 fully saturated rings. The van der Waals surface area contributed by atoms with Crippen LogP contribution in [0.1, 0.15) is 5.56 Å². The van der Waals surface area contributed by atoms with Gasteiger partial charge in [-0.15, -0.1) is 0 Å². The number of rotatable bonds is 5. The minimum Gasteiger partial charge on any atom is -0.337 e. The molecule has 0 unspecified atom stereocenters. The van der Waals surface area contributed by atoms with Crippen LogP contribution in [0, 0.1) is 5.82 Å². The highest BCUT2D eigenvalue weighted by Crippen LogP contribution is 2.17. The lowest BCUT2D eigenvalue weighted by atomic mass is 10.2. The summed E-state index contributed by atoms with van der Waals surface area (Å²) in [5.41, 5.74) is 0.982. The summed E-state index contributed by atoms with van der Waals surface area (Å²) in [5, 5.41) is 5.92. The molecule has 0 radical (unpaired) electrons. The van der Waals surface area contributed by atoms with Gasteiger partial charge in [0.1, 0.15) is 5.82 Å². The van der Waals surface area contributed by atoms with E-state index in [0.717, 1.165) is 10.0 Å². The third-order valence-electron chi connectivity index (χ3n) is 2.31. The Kier molecular flexibility index (Phi) is 6.07. The highest BCUT2D eigenvalue weighted by molar-refractivity contribution is 9.10. The molecular formula is C12H17BrFN3O. The largest absolute Gasteiger partial charge is 0.337 e. The number of nitrogens with one attached hydrogen (secondary N) is 2. The molecule has 0 aliphatic rings. The van der Waals surface area contributed by atoms with Gasteiger partial charge >= 0.3 is 6.03 Å². The lowest BCUT2D eigenvalue weighted by molar-refractivity contribution is 0.217. The van der Waals surface area contributed by atoms with E-state index in [1.807, 2.05) is 0 Å². The molecule has 1 rings (SSSR count). The molecule has 0 bridgehead atoms. The van der Waals surface area contributed by atoms with E-state index in [-0.39, 0.29) is 11.8 Å². The fraction of sp³-hybridized carbons (Fsp3) is 0.417. The van der Waals surface area contributed by atoms with Crippen molar-refractivity contribution in [3.8, 4) is 0 Å². The molecule has 2 amide bonds. The second-order valence-electron chi connectivity index (χ2n) is 4.04. The third-order valence-corrected chi connectivity index (χ3v) is 3.05. The molecule has 0 saturated heterocycles. The van der Waals surface area contributed by atoms with Gasteiger partial charge in [0.2, 0.25) is 0 Å². The van der Waals surface area contributed by atoms with Crippen LogP contribution in [0.5, 0.6) is 0 Å². The van der Waals surface area contributed by atoms with Crippen molar-refractivity contribution in [1.82, 2.24) is 15.5 Å². The average Bonchev–Trinajstić information content (AvgIpc) is 2.30. The number of hydrogen-bond acceptors (Lipinski definition) is 2. The summed E-state index contributed by atoms with van der Waals surface area (Å²) in [4.78, 5) is 12.7. The first kappa shape index (κ1) is 14.9. The second-order valence-corrected chi connectivity index (χ2v) is 4.89. The maximum Gasteiger partial charge on any atom is 0.316 e. The molecule has 0 aliphatic heterocycles. The average molecular weight is 318 g/mol. The number of halogens is 2. The number of carbonyl (C=O) groups is 1. The maximum absolute atomic E-state index is 12.9. The summed E-state index contributed by atoms with van der Waals surface area (Å²) in [6, 6.07) is 4.48. The molecule has 18 heavy (non-hydrogen) atoms. The Morgan fingerprint density at radius 1 is 1.39 bits per heavy atom. The Labute approximate surface area is 115 Å². The Hall–Kier alpha value is -1.14. The minimum atomic E-state index is -0.260. The van der Waals surface area contributed by atoms with Gasteiger partial charge in [-0.2, -0.15) is 0 Å². The number of amides is 2. The van der Waals surface area contributed by atoms with E-state index in [0.29, 0.717) is 19.6 Å². The van der Waals surface area contributed by atoms with Gasteiger partial charge in [-0.25, -0.2) is 9.18 Å². The number of nitrogens with zero attached hydrogens (tertiary/aromatic N) is 1. The van der Waals surface area contributed by atoms with Crippen LogP contribution in [-0.4, -0.2) is 38.1 Å². The zero-order valence-corrected chi connectivity index (χ0v) is 12.1. The van der Waals surface area contributed by atoms with Crippen LogP contribution in [-0.2, 0) is 6.54 Å². The molecule has 0 aromatic heterocycles. The van der Waals surface area contributed by atoms with Crippen molar-refractivity contribution in [3.63, 3.8) is 0 Å². The van der Waals surface area contributed by atoms with E-state index in [2.05, 4.69) is 26.6 Å². The van der Waals surface area contributed by atoms with Crippen molar-refractivity contribution in [2.45, 2.75) is 6.54 Å². The van der Waals surface area contributed by atoms with Crippen LogP contribution >= 0.6 is 15.9 Å². The molecule has 6 heteroatoms. The summed E-state index contributed by atoms with van der Waals surface area (Å²) in [6.07, 6.45) is 0. The molecule has 100 valence electrons. The first-order chi connectivity index (χ1) is 8.50. The van der Waals surface area contributed by atoms with Crippen molar-refractivity contribution in [2.75, 3.05) is 27.2 Å². The van der Waals surface area contributed by atoms with E-state index in [9.17, 15) is 9.18 Å². The molecule has 2 N–H and O–H groups in total. The summed E-state index contributed by atoms with van der Waals surface area (Å²) in [7, 11) is 3.39. The van der Waals surface area contributed by atoms with E-state index in [1.54, 1.807) is 20.2 Å². The second kappa shape index (κ2) is 7.33. The van der Waals surface area contributed by atoms with Crippen molar-refractivity contribution in [2.24, 2.45) is 0 Å². The van der Waals surface area contributed by atoms with Crippen molar-refractivity contribution >= 4 is 22.0 Å². The third kappa shape index (κ3) is 5.01. The summed E-state index contributed by atoms with van der Waals surface area (Å²) in [6.45, 7) is 1.83. The Balaban J connectivity index is 2.24. The van der Waals surface area contributed by atoms with Gasteiger partial charge in [-0.05, 0) is 17.7 Å². The van der Waals surface area contributed by atoms with Gasteiger partial charge in [0, 0.05) is 38.2 Å².